The smallest absolute Gasteiger partial charge is 0.416 e. The van der Waals surface area contributed by atoms with Gasteiger partial charge in [-0.05, 0) is 24.1 Å². The molecule has 1 heterocycles. The Hall–Kier alpha value is -1.56. The molecule has 2 unspecified atom stereocenters. The Bertz CT molecular complexity index is 421. The zero-order valence-electron chi connectivity index (χ0n) is 8.66. The summed E-state index contributed by atoms with van der Waals surface area (Å²) in [5.74, 6) is -0.937. The minimum atomic E-state index is -4.34. The van der Waals surface area contributed by atoms with Crippen LogP contribution in [0.3, 0.4) is 0 Å². The largest absolute Gasteiger partial charge is 0.480 e. The number of carbonyl (C=O) groups is 1. The number of aliphatic carboxylic acids is 1. The molecule has 1 aliphatic heterocycles. The second kappa shape index (κ2) is 4.03. The topological polar surface area (TPSA) is 49.3 Å². The minimum absolute atomic E-state index is 0.168. The van der Waals surface area contributed by atoms with Gasteiger partial charge in [0, 0.05) is 6.04 Å². The zero-order chi connectivity index (χ0) is 12.6. The third-order valence-electron chi connectivity index (χ3n) is 2.81. The molecule has 1 saturated heterocycles. The molecule has 0 aromatic heterocycles. The van der Waals surface area contributed by atoms with Gasteiger partial charge in [0.05, 0.1) is 5.56 Å². The molecule has 17 heavy (non-hydrogen) atoms. The lowest BCUT2D eigenvalue weighted by atomic mass is 9.90. The first-order valence-electron chi connectivity index (χ1n) is 5.04. The number of hydrogen-bond donors (Lipinski definition) is 2. The fourth-order valence-electron chi connectivity index (χ4n) is 1.76. The first kappa shape index (κ1) is 11.9. The van der Waals surface area contributed by atoms with Crippen molar-refractivity contribution in [3.63, 3.8) is 0 Å². The van der Waals surface area contributed by atoms with E-state index in [9.17, 15) is 18.0 Å². The molecule has 6 heteroatoms. The SMILES string of the molecule is O=C(O)C1CC(c2ccc(C(F)(F)F)cc2)N1. The maximum absolute atomic E-state index is 12.3. The van der Waals surface area contributed by atoms with Gasteiger partial charge in [0.2, 0.25) is 0 Å². The normalized spacial score (nSPS) is 24.2. The minimum Gasteiger partial charge on any atom is -0.480 e. The van der Waals surface area contributed by atoms with Gasteiger partial charge in [-0.3, -0.25) is 10.1 Å². The van der Waals surface area contributed by atoms with Crippen LogP contribution in [-0.4, -0.2) is 17.1 Å². The summed E-state index contributed by atoms with van der Waals surface area (Å²) < 4.78 is 36.9. The molecule has 1 aliphatic rings. The lowest BCUT2D eigenvalue weighted by Crippen LogP contribution is -2.50. The van der Waals surface area contributed by atoms with E-state index in [0.717, 1.165) is 12.1 Å². The van der Waals surface area contributed by atoms with Crippen LogP contribution in [0, 0.1) is 0 Å². The van der Waals surface area contributed by atoms with Crippen molar-refractivity contribution in [2.24, 2.45) is 0 Å². The van der Waals surface area contributed by atoms with Gasteiger partial charge in [-0.1, -0.05) is 12.1 Å². The van der Waals surface area contributed by atoms with Crippen molar-refractivity contribution in [2.45, 2.75) is 24.7 Å². The summed E-state index contributed by atoms with van der Waals surface area (Å²) >= 11 is 0. The van der Waals surface area contributed by atoms with E-state index in [-0.39, 0.29) is 6.04 Å². The summed E-state index contributed by atoms with van der Waals surface area (Å²) in [6, 6.07) is 3.99. The van der Waals surface area contributed by atoms with Crippen molar-refractivity contribution in [1.82, 2.24) is 5.32 Å². The first-order valence-corrected chi connectivity index (χ1v) is 5.04. The summed E-state index contributed by atoms with van der Waals surface area (Å²) in [6.45, 7) is 0. The molecule has 0 aliphatic carbocycles. The zero-order valence-corrected chi connectivity index (χ0v) is 8.66. The molecule has 2 rings (SSSR count). The van der Waals surface area contributed by atoms with Gasteiger partial charge < -0.3 is 5.11 Å². The summed E-state index contributed by atoms with van der Waals surface area (Å²) in [5, 5.41) is 11.4. The van der Waals surface area contributed by atoms with Crippen molar-refractivity contribution >= 4 is 5.97 Å². The van der Waals surface area contributed by atoms with Crippen LogP contribution in [0.4, 0.5) is 13.2 Å². The summed E-state index contributed by atoms with van der Waals surface area (Å²) in [7, 11) is 0. The Morgan fingerprint density at radius 2 is 1.82 bits per heavy atom. The molecule has 0 saturated carbocycles. The van der Waals surface area contributed by atoms with Gasteiger partial charge in [0.1, 0.15) is 6.04 Å². The van der Waals surface area contributed by atoms with E-state index in [1.807, 2.05) is 0 Å². The molecule has 0 amide bonds. The van der Waals surface area contributed by atoms with Gasteiger partial charge in [0.15, 0.2) is 0 Å². The molecule has 92 valence electrons. The maximum atomic E-state index is 12.3. The van der Waals surface area contributed by atoms with Crippen LogP contribution in [0.25, 0.3) is 0 Å². The highest BCUT2D eigenvalue weighted by Gasteiger charge is 2.35. The Balaban J connectivity index is 2.03. The molecule has 0 radical (unpaired) electrons. The number of hydrogen-bond acceptors (Lipinski definition) is 2. The van der Waals surface area contributed by atoms with Crippen LogP contribution < -0.4 is 5.32 Å². The van der Waals surface area contributed by atoms with Crippen LogP contribution >= 0.6 is 0 Å². The molecule has 1 aromatic rings. The molecule has 0 spiro atoms. The standard InChI is InChI=1S/C11H10F3NO2/c12-11(13,14)7-3-1-6(2-4-7)8-5-9(15-8)10(16)17/h1-4,8-9,15H,5H2,(H,16,17). The highest BCUT2D eigenvalue weighted by Crippen LogP contribution is 2.32. The molecular formula is C11H10F3NO2. The molecule has 2 N–H and O–H groups in total. The Morgan fingerprint density at radius 1 is 1.29 bits per heavy atom. The number of halogens is 3. The van der Waals surface area contributed by atoms with Crippen molar-refractivity contribution in [3.05, 3.63) is 35.4 Å². The Labute approximate surface area is 95.3 Å². The maximum Gasteiger partial charge on any atom is 0.416 e. The Morgan fingerprint density at radius 3 is 2.24 bits per heavy atom. The molecule has 0 bridgehead atoms. The number of carboxylic acid groups (broad SMARTS) is 1. The van der Waals surface area contributed by atoms with Crippen LogP contribution in [0.15, 0.2) is 24.3 Å². The first-order chi connectivity index (χ1) is 7.88. The highest BCUT2D eigenvalue weighted by atomic mass is 19.4. The van der Waals surface area contributed by atoms with E-state index in [4.69, 9.17) is 5.11 Å². The van der Waals surface area contributed by atoms with E-state index < -0.39 is 23.8 Å². The summed E-state index contributed by atoms with van der Waals surface area (Å²) in [5.41, 5.74) is -0.0224. The number of rotatable bonds is 2. The van der Waals surface area contributed by atoms with E-state index in [2.05, 4.69) is 5.32 Å². The number of benzene rings is 1. The molecule has 1 aromatic carbocycles. The number of nitrogens with one attached hydrogen (secondary N) is 1. The predicted octanol–water partition coefficient (Wildman–Crippen LogP) is 2.19. The lowest BCUT2D eigenvalue weighted by molar-refractivity contribution is -0.142. The third-order valence-corrected chi connectivity index (χ3v) is 2.81. The lowest BCUT2D eigenvalue weighted by Gasteiger charge is -2.34. The quantitative estimate of drug-likeness (QED) is 0.839. The molecule has 1 fully saturated rings. The molecule has 2 atom stereocenters. The van der Waals surface area contributed by atoms with E-state index in [1.54, 1.807) is 0 Å². The van der Waals surface area contributed by atoms with Gasteiger partial charge in [0.25, 0.3) is 0 Å². The monoisotopic (exact) mass is 245 g/mol. The van der Waals surface area contributed by atoms with Crippen molar-refractivity contribution in [2.75, 3.05) is 0 Å². The fourth-order valence-corrected chi connectivity index (χ4v) is 1.76. The second-order valence-corrected chi connectivity index (χ2v) is 3.97. The van der Waals surface area contributed by atoms with Crippen LogP contribution in [0.2, 0.25) is 0 Å². The van der Waals surface area contributed by atoms with Crippen LogP contribution in [-0.2, 0) is 11.0 Å². The van der Waals surface area contributed by atoms with Gasteiger partial charge >= 0.3 is 12.1 Å². The second-order valence-electron chi connectivity index (χ2n) is 3.97. The molecule has 3 nitrogen and oxygen atoms in total. The van der Waals surface area contributed by atoms with E-state index in [0.29, 0.717) is 12.0 Å². The third kappa shape index (κ3) is 2.41. The number of carboxylic acids is 1. The highest BCUT2D eigenvalue weighted by molar-refractivity contribution is 5.75. The van der Waals surface area contributed by atoms with Gasteiger partial charge in [-0.2, -0.15) is 13.2 Å². The number of alkyl halides is 3. The summed E-state index contributed by atoms with van der Waals surface area (Å²) in [4.78, 5) is 10.5. The van der Waals surface area contributed by atoms with Gasteiger partial charge in [-0.25, -0.2) is 0 Å². The predicted molar refractivity (Wildman–Crippen MR) is 53.4 cm³/mol. The molecular weight excluding hydrogens is 235 g/mol. The van der Waals surface area contributed by atoms with Crippen LogP contribution in [0.1, 0.15) is 23.6 Å². The van der Waals surface area contributed by atoms with E-state index >= 15 is 0 Å². The fraction of sp³-hybridized carbons (Fsp3) is 0.364. The van der Waals surface area contributed by atoms with Gasteiger partial charge in [-0.15, -0.1) is 0 Å². The average molecular weight is 245 g/mol. The van der Waals surface area contributed by atoms with Crippen molar-refractivity contribution < 1.29 is 23.1 Å². The Kier molecular flexibility index (Phi) is 2.82. The van der Waals surface area contributed by atoms with Crippen molar-refractivity contribution in [1.29, 1.82) is 0 Å². The average Bonchev–Trinajstić information content (AvgIpc) is 2.14. The van der Waals surface area contributed by atoms with Crippen LogP contribution in [0.5, 0.6) is 0 Å². The summed E-state index contributed by atoms with van der Waals surface area (Å²) in [6.07, 6.45) is -3.93. The van der Waals surface area contributed by atoms with Crippen molar-refractivity contribution in [3.8, 4) is 0 Å². The van der Waals surface area contributed by atoms with E-state index in [1.165, 1.54) is 12.1 Å².